The molecule has 3 aromatic rings. The average Bonchev–Trinajstić information content (AvgIpc) is 3.26. The maximum Gasteiger partial charge on any atom is 0.251 e. The molecular weight excluding hydrogens is 388 g/mol. The number of likely N-dealkylation sites (N-methyl/N-ethyl adjacent to an activating group) is 1. The highest BCUT2D eigenvalue weighted by Gasteiger charge is 2.21. The van der Waals surface area contributed by atoms with Crippen molar-refractivity contribution in [2.75, 3.05) is 19.6 Å². The zero-order chi connectivity index (χ0) is 20.8. The highest BCUT2D eigenvalue weighted by atomic mass is 35.5. The van der Waals surface area contributed by atoms with Gasteiger partial charge in [-0.05, 0) is 65.8 Å². The lowest BCUT2D eigenvalue weighted by Gasteiger charge is -2.31. The van der Waals surface area contributed by atoms with E-state index in [-0.39, 0.29) is 11.9 Å². The third-order valence-corrected chi connectivity index (χ3v) is 5.37. The summed E-state index contributed by atoms with van der Waals surface area (Å²) in [4.78, 5) is 15.1. The second-order valence-electron chi connectivity index (χ2n) is 6.72. The fourth-order valence-corrected chi connectivity index (χ4v) is 3.72. The van der Waals surface area contributed by atoms with Crippen molar-refractivity contribution in [3.05, 3.63) is 70.5 Å². The lowest BCUT2D eigenvalue weighted by molar-refractivity contribution is 0.0935. The summed E-state index contributed by atoms with van der Waals surface area (Å²) in [5, 5.41) is 15.0. The molecule has 1 N–H and O–H groups in total. The summed E-state index contributed by atoms with van der Waals surface area (Å²) in [6, 6.07) is 13.3. The Labute approximate surface area is 175 Å². The molecule has 0 saturated carbocycles. The SMILES string of the molecule is CCN(CC)C(CNC(=O)c1ccc(-n2cnnn2)c(C)c1)c1ccccc1Cl. The number of carbonyl (C=O) groups excluding carboxylic acids is 1. The summed E-state index contributed by atoms with van der Waals surface area (Å²) in [5.41, 5.74) is 3.36. The molecule has 0 spiro atoms. The van der Waals surface area contributed by atoms with Gasteiger partial charge in [0.05, 0.1) is 11.7 Å². The van der Waals surface area contributed by atoms with Gasteiger partial charge in [0.15, 0.2) is 0 Å². The normalized spacial score (nSPS) is 12.2. The van der Waals surface area contributed by atoms with Crippen molar-refractivity contribution in [3.63, 3.8) is 0 Å². The van der Waals surface area contributed by atoms with Crippen LogP contribution < -0.4 is 5.32 Å². The van der Waals surface area contributed by atoms with Gasteiger partial charge >= 0.3 is 0 Å². The molecule has 0 aliphatic rings. The monoisotopic (exact) mass is 412 g/mol. The highest BCUT2D eigenvalue weighted by molar-refractivity contribution is 6.31. The number of carbonyl (C=O) groups is 1. The third kappa shape index (κ3) is 4.81. The Hall–Kier alpha value is -2.77. The number of benzene rings is 2. The van der Waals surface area contributed by atoms with Crippen LogP contribution in [0.4, 0.5) is 0 Å². The average molecular weight is 413 g/mol. The lowest BCUT2D eigenvalue weighted by atomic mass is 10.0. The Morgan fingerprint density at radius 3 is 2.59 bits per heavy atom. The molecule has 2 aromatic carbocycles. The molecule has 0 aliphatic carbocycles. The van der Waals surface area contributed by atoms with Gasteiger partial charge in [-0.1, -0.05) is 43.6 Å². The first kappa shape index (κ1) is 21.0. The summed E-state index contributed by atoms with van der Waals surface area (Å²) in [6.07, 6.45) is 1.53. The first-order chi connectivity index (χ1) is 14.0. The number of halogens is 1. The smallest absolute Gasteiger partial charge is 0.251 e. The fraction of sp³-hybridized carbons (Fsp3) is 0.333. The second kappa shape index (κ2) is 9.62. The minimum absolute atomic E-state index is 0.00393. The molecule has 1 amide bonds. The topological polar surface area (TPSA) is 75.9 Å². The van der Waals surface area contributed by atoms with E-state index in [1.807, 2.05) is 43.3 Å². The molecule has 0 saturated heterocycles. The third-order valence-electron chi connectivity index (χ3n) is 5.03. The summed E-state index contributed by atoms with van der Waals surface area (Å²) in [7, 11) is 0. The number of hydrogen-bond acceptors (Lipinski definition) is 5. The Morgan fingerprint density at radius 1 is 1.21 bits per heavy atom. The molecule has 1 unspecified atom stereocenters. The van der Waals surface area contributed by atoms with Crippen LogP contribution in [0.5, 0.6) is 0 Å². The van der Waals surface area contributed by atoms with E-state index >= 15 is 0 Å². The first-order valence-electron chi connectivity index (χ1n) is 9.65. The Balaban J connectivity index is 1.76. The van der Waals surface area contributed by atoms with E-state index in [9.17, 15) is 4.79 Å². The standard InChI is InChI=1S/C21H25ClN6O/c1-4-27(5-2)20(17-8-6-7-9-18(17)22)13-23-21(29)16-10-11-19(15(3)12-16)28-14-24-25-26-28/h6-12,14,20H,4-5,13H2,1-3H3,(H,23,29). The number of tetrazole rings is 1. The molecule has 29 heavy (non-hydrogen) atoms. The minimum Gasteiger partial charge on any atom is -0.350 e. The van der Waals surface area contributed by atoms with Gasteiger partial charge in [-0.15, -0.1) is 5.10 Å². The maximum atomic E-state index is 12.8. The molecule has 7 nitrogen and oxygen atoms in total. The number of nitrogens with zero attached hydrogens (tertiary/aromatic N) is 5. The largest absolute Gasteiger partial charge is 0.350 e. The van der Waals surface area contributed by atoms with Crippen LogP contribution in [0.3, 0.4) is 0 Å². The van der Waals surface area contributed by atoms with Crippen LogP contribution in [0, 0.1) is 6.92 Å². The minimum atomic E-state index is -0.124. The summed E-state index contributed by atoms with van der Waals surface area (Å²) in [6.45, 7) is 8.34. The van der Waals surface area contributed by atoms with Crippen LogP contribution in [-0.2, 0) is 0 Å². The molecule has 0 radical (unpaired) electrons. The maximum absolute atomic E-state index is 12.8. The Kier molecular flexibility index (Phi) is 6.95. The zero-order valence-corrected chi connectivity index (χ0v) is 17.6. The van der Waals surface area contributed by atoms with E-state index in [0.717, 1.165) is 29.9 Å². The van der Waals surface area contributed by atoms with Crippen molar-refractivity contribution in [1.29, 1.82) is 0 Å². The molecule has 1 aromatic heterocycles. The van der Waals surface area contributed by atoms with Crippen molar-refractivity contribution in [2.45, 2.75) is 26.8 Å². The number of aromatic nitrogens is 4. The van der Waals surface area contributed by atoms with Gasteiger partial charge in [-0.3, -0.25) is 9.69 Å². The van der Waals surface area contributed by atoms with Crippen molar-refractivity contribution >= 4 is 17.5 Å². The van der Waals surface area contributed by atoms with E-state index in [2.05, 4.69) is 39.6 Å². The molecule has 0 aliphatic heterocycles. The molecule has 8 heteroatoms. The molecule has 1 atom stereocenters. The van der Waals surface area contributed by atoms with Gasteiger partial charge < -0.3 is 5.32 Å². The Morgan fingerprint density at radius 2 is 1.97 bits per heavy atom. The summed E-state index contributed by atoms with van der Waals surface area (Å²) in [5.74, 6) is -0.124. The van der Waals surface area contributed by atoms with E-state index in [0.29, 0.717) is 17.1 Å². The van der Waals surface area contributed by atoms with E-state index in [4.69, 9.17) is 11.6 Å². The van der Waals surface area contributed by atoms with Crippen LogP contribution in [0.2, 0.25) is 5.02 Å². The highest BCUT2D eigenvalue weighted by Crippen LogP contribution is 2.27. The number of amides is 1. The first-order valence-corrected chi connectivity index (χ1v) is 10.0. The van der Waals surface area contributed by atoms with Gasteiger partial charge in [0.25, 0.3) is 5.91 Å². The number of aryl methyl sites for hydroxylation is 1. The van der Waals surface area contributed by atoms with Crippen LogP contribution in [-0.4, -0.2) is 50.6 Å². The molecule has 0 bridgehead atoms. The number of rotatable bonds is 8. The lowest BCUT2D eigenvalue weighted by Crippen LogP contribution is -2.38. The van der Waals surface area contributed by atoms with Gasteiger partial charge in [0, 0.05) is 17.1 Å². The predicted molar refractivity (Wildman–Crippen MR) is 113 cm³/mol. The summed E-state index contributed by atoms with van der Waals surface area (Å²) < 4.78 is 1.57. The van der Waals surface area contributed by atoms with Crippen molar-refractivity contribution in [3.8, 4) is 5.69 Å². The number of hydrogen-bond donors (Lipinski definition) is 1. The van der Waals surface area contributed by atoms with Crippen LogP contribution in [0.15, 0.2) is 48.8 Å². The summed E-state index contributed by atoms with van der Waals surface area (Å²) >= 11 is 6.44. The molecule has 3 rings (SSSR count). The van der Waals surface area contributed by atoms with E-state index in [1.165, 1.54) is 6.33 Å². The van der Waals surface area contributed by atoms with E-state index < -0.39 is 0 Å². The van der Waals surface area contributed by atoms with Crippen LogP contribution >= 0.6 is 11.6 Å². The van der Waals surface area contributed by atoms with E-state index in [1.54, 1.807) is 10.7 Å². The molecule has 152 valence electrons. The van der Waals surface area contributed by atoms with Crippen LogP contribution in [0.1, 0.15) is 41.4 Å². The van der Waals surface area contributed by atoms with Crippen molar-refractivity contribution in [2.24, 2.45) is 0 Å². The quantitative estimate of drug-likeness (QED) is 0.613. The number of nitrogens with one attached hydrogen (secondary N) is 1. The van der Waals surface area contributed by atoms with Crippen molar-refractivity contribution in [1.82, 2.24) is 30.4 Å². The van der Waals surface area contributed by atoms with Crippen molar-refractivity contribution < 1.29 is 4.79 Å². The van der Waals surface area contributed by atoms with Crippen LogP contribution in [0.25, 0.3) is 5.69 Å². The van der Waals surface area contributed by atoms with Gasteiger partial charge in [-0.2, -0.15) is 0 Å². The molecule has 1 heterocycles. The Bertz CT molecular complexity index is 956. The molecule has 0 fully saturated rings. The fourth-order valence-electron chi connectivity index (χ4n) is 3.46. The molecular formula is C21H25ClN6O. The van der Waals surface area contributed by atoms with Gasteiger partial charge in [-0.25, -0.2) is 4.68 Å². The zero-order valence-electron chi connectivity index (χ0n) is 16.8. The predicted octanol–water partition coefficient (Wildman–Crippen LogP) is 3.44. The van der Waals surface area contributed by atoms with Gasteiger partial charge in [0.2, 0.25) is 0 Å². The second-order valence-corrected chi connectivity index (χ2v) is 7.13. The van der Waals surface area contributed by atoms with Gasteiger partial charge in [0.1, 0.15) is 6.33 Å².